The lowest BCUT2D eigenvalue weighted by Gasteiger charge is -2.40. The summed E-state index contributed by atoms with van der Waals surface area (Å²) in [5.74, 6) is -0.196. The number of hydrogen-bond acceptors (Lipinski definition) is 8. The van der Waals surface area contributed by atoms with E-state index in [9.17, 15) is 30.3 Å². The standard InChI is InChI=1S/C61H109NO8/c1-3-5-7-9-11-13-15-17-19-21-23-25-27-28-29-31-33-35-37-39-41-43-45-47-49-51-57(65)62-54(53-69-61-60(68)59(67)58(66)56(52-63)70-61)55(64)50-48-46-44-42-40-38-36-34-32-30-26-24-22-20-18-16-14-12-10-8-6-4-2/h15,17,21,23,27-28,32,34,40,42,48,50,54-56,58-61,63-64,66-68H,3-14,16,18-20,22,24-26,29-31,33,35-39,41,43-47,49,51-53H2,1-2H3,(H,62,65)/b17-15-,23-21-,28-27-,34-32+,42-40+,50-48+. The van der Waals surface area contributed by atoms with Gasteiger partial charge in [-0.2, -0.15) is 0 Å². The molecular formula is C61H109NO8. The van der Waals surface area contributed by atoms with Gasteiger partial charge in [0.05, 0.1) is 25.4 Å². The van der Waals surface area contributed by atoms with Crippen LogP contribution in [-0.4, -0.2) is 87.5 Å². The average Bonchev–Trinajstić information content (AvgIpc) is 3.36. The molecule has 7 unspecified atom stereocenters. The van der Waals surface area contributed by atoms with Crippen molar-refractivity contribution in [3.8, 4) is 0 Å². The lowest BCUT2D eigenvalue weighted by molar-refractivity contribution is -0.302. The van der Waals surface area contributed by atoms with Gasteiger partial charge < -0.3 is 40.3 Å². The van der Waals surface area contributed by atoms with Crippen LogP contribution in [0.25, 0.3) is 0 Å². The van der Waals surface area contributed by atoms with Gasteiger partial charge in [0.25, 0.3) is 0 Å². The second-order valence-corrected chi connectivity index (χ2v) is 20.1. The molecule has 1 amide bonds. The second kappa shape index (κ2) is 50.2. The fourth-order valence-corrected chi connectivity index (χ4v) is 8.84. The first-order valence-corrected chi connectivity index (χ1v) is 29.2. The Labute approximate surface area is 429 Å². The van der Waals surface area contributed by atoms with Crippen molar-refractivity contribution in [2.45, 2.75) is 294 Å². The third-order valence-corrected chi connectivity index (χ3v) is 13.5. The first-order valence-electron chi connectivity index (χ1n) is 29.2. The van der Waals surface area contributed by atoms with Gasteiger partial charge in [-0.3, -0.25) is 4.79 Å². The molecule has 1 heterocycles. The van der Waals surface area contributed by atoms with E-state index < -0.39 is 49.5 Å². The predicted molar refractivity (Wildman–Crippen MR) is 295 cm³/mol. The first-order chi connectivity index (χ1) is 34.3. The van der Waals surface area contributed by atoms with Crippen LogP contribution in [0.15, 0.2) is 72.9 Å². The molecule has 9 heteroatoms. The number of ether oxygens (including phenoxy) is 2. The highest BCUT2D eigenvalue weighted by Gasteiger charge is 2.44. The molecule has 0 spiro atoms. The summed E-state index contributed by atoms with van der Waals surface area (Å²) in [6.07, 6.45) is 62.5. The average molecular weight is 985 g/mol. The number of rotatable bonds is 49. The molecule has 1 fully saturated rings. The lowest BCUT2D eigenvalue weighted by atomic mass is 9.99. The van der Waals surface area contributed by atoms with Crippen LogP contribution >= 0.6 is 0 Å². The van der Waals surface area contributed by atoms with Gasteiger partial charge in [0, 0.05) is 6.42 Å². The van der Waals surface area contributed by atoms with Gasteiger partial charge in [0.15, 0.2) is 6.29 Å². The van der Waals surface area contributed by atoms with Gasteiger partial charge in [0.2, 0.25) is 5.91 Å². The molecule has 0 saturated carbocycles. The monoisotopic (exact) mass is 984 g/mol. The Morgan fingerprint density at radius 1 is 0.486 bits per heavy atom. The number of aliphatic hydroxyl groups excluding tert-OH is 5. The van der Waals surface area contributed by atoms with Gasteiger partial charge in [-0.05, 0) is 83.5 Å². The summed E-state index contributed by atoms with van der Waals surface area (Å²) in [5.41, 5.74) is 0. The fourth-order valence-electron chi connectivity index (χ4n) is 8.84. The number of carbonyl (C=O) groups excluding carboxylic acids is 1. The minimum atomic E-state index is -1.58. The zero-order valence-corrected chi connectivity index (χ0v) is 45.0. The number of allylic oxidation sites excluding steroid dienone is 11. The minimum absolute atomic E-state index is 0.196. The number of hydrogen-bond donors (Lipinski definition) is 6. The number of carbonyl (C=O) groups is 1. The SMILES string of the molecule is CCCCCCC/C=C\C/C=C\C/C=C\CCCCCCCCCCCCC(=O)NC(COC1OC(CO)C(O)C(O)C1O)C(O)/C=C/CC/C=C/CC/C=C/CCCCCCCCCCCCCC. The maximum absolute atomic E-state index is 13.1. The van der Waals surface area contributed by atoms with Crippen LogP contribution in [0.3, 0.4) is 0 Å². The Bertz CT molecular complexity index is 1330. The van der Waals surface area contributed by atoms with Crippen LogP contribution in [0, 0.1) is 0 Å². The Balaban J connectivity index is 2.28. The van der Waals surface area contributed by atoms with E-state index in [0.29, 0.717) is 6.42 Å². The van der Waals surface area contributed by atoms with Crippen LogP contribution < -0.4 is 5.32 Å². The topological polar surface area (TPSA) is 149 Å². The molecule has 1 rings (SSSR count). The molecule has 406 valence electrons. The minimum Gasteiger partial charge on any atom is -0.394 e. The molecule has 0 aromatic rings. The van der Waals surface area contributed by atoms with E-state index in [-0.39, 0.29) is 12.5 Å². The molecule has 0 aromatic heterocycles. The highest BCUT2D eigenvalue weighted by molar-refractivity contribution is 5.76. The zero-order valence-electron chi connectivity index (χ0n) is 45.0. The van der Waals surface area contributed by atoms with E-state index in [2.05, 4.69) is 79.9 Å². The number of nitrogens with one attached hydrogen (secondary N) is 1. The molecule has 70 heavy (non-hydrogen) atoms. The molecular weight excluding hydrogens is 875 g/mol. The molecule has 1 saturated heterocycles. The molecule has 7 atom stereocenters. The van der Waals surface area contributed by atoms with Crippen LogP contribution in [0.4, 0.5) is 0 Å². The summed E-state index contributed by atoms with van der Waals surface area (Å²) < 4.78 is 11.3. The van der Waals surface area contributed by atoms with Crippen molar-refractivity contribution in [3.05, 3.63) is 72.9 Å². The van der Waals surface area contributed by atoms with Crippen molar-refractivity contribution in [3.63, 3.8) is 0 Å². The summed E-state index contributed by atoms with van der Waals surface area (Å²) >= 11 is 0. The summed E-state index contributed by atoms with van der Waals surface area (Å²) in [6, 6.07) is -0.835. The Kier molecular flexibility index (Phi) is 47.1. The van der Waals surface area contributed by atoms with E-state index in [1.54, 1.807) is 6.08 Å². The largest absolute Gasteiger partial charge is 0.394 e. The zero-order chi connectivity index (χ0) is 50.8. The maximum Gasteiger partial charge on any atom is 0.220 e. The smallest absolute Gasteiger partial charge is 0.220 e. The van der Waals surface area contributed by atoms with Crippen LogP contribution in [0.5, 0.6) is 0 Å². The van der Waals surface area contributed by atoms with Gasteiger partial charge in [0.1, 0.15) is 24.4 Å². The molecule has 0 bridgehead atoms. The van der Waals surface area contributed by atoms with Crippen molar-refractivity contribution in [2.75, 3.05) is 13.2 Å². The third-order valence-electron chi connectivity index (χ3n) is 13.5. The maximum atomic E-state index is 13.1. The number of unbranched alkanes of at least 4 members (excludes halogenated alkanes) is 29. The quantitative estimate of drug-likeness (QED) is 0.0261. The predicted octanol–water partition coefficient (Wildman–Crippen LogP) is 14.5. The van der Waals surface area contributed by atoms with Gasteiger partial charge in [-0.1, -0.05) is 234 Å². The molecule has 0 radical (unpaired) electrons. The van der Waals surface area contributed by atoms with Crippen LogP contribution in [0.2, 0.25) is 0 Å². The molecule has 0 aliphatic carbocycles. The number of amides is 1. The normalized spacial score (nSPS) is 19.9. The molecule has 1 aliphatic rings. The van der Waals surface area contributed by atoms with E-state index in [1.807, 2.05) is 6.08 Å². The molecule has 1 aliphatic heterocycles. The van der Waals surface area contributed by atoms with E-state index in [1.165, 1.54) is 161 Å². The molecule has 6 N–H and O–H groups in total. The Hall–Kier alpha value is -2.37. The van der Waals surface area contributed by atoms with Crippen molar-refractivity contribution in [1.29, 1.82) is 0 Å². The van der Waals surface area contributed by atoms with Crippen LogP contribution in [-0.2, 0) is 14.3 Å². The van der Waals surface area contributed by atoms with Crippen molar-refractivity contribution >= 4 is 5.91 Å². The highest BCUT2D eigenvalue weighted by atomic mass is 16.7. The van der Waals surface area contributed by atoms with E-state index in [0.717, 1.165) is 70.6 Å². The summed E-state index contributed by atoms with van der Waals surface area (Å²) in [5, 5.41) is 54.5. The van der Waals surface area contributed by atoms with Gasteiger partial charge in [-0.25, -0.2) is 0 Å². The summed E-state index contributed by atoms with van der Waals surface area (Å²) in [6.45, 7) is 3.76. The lowest BCUT2D eigenvalue weighted by Crippen LogP contribution is -2.60. The van der Waals surface area contributed by atoms with E-state index >= 15 is 0 Å². The van der Waals surface area contributed by atoms with Crippen LogP contribution in [0.1, 0.15) is 251 Å². The van der Waals surface area contributed by atoms with Gasteiger partial charge in [-0.15, -0.1) is 0 Å². The number of aliphatic hydroxyl groups is 5. The Morgan fingerprint density at radius 3 is 1.30 bits per heavy atom. The van der Waals surface area contributed by atoms with Crippen molar-refractivity contribution in [2.24, 2.45) is 0 Å². The van der Waals surface area contributed by atoms with Gasteiger partial charge >= 0.3 is 0 Å². The summed E-state index contributed by atoms with van der Waals surface area (Å²) in [4.78, 5) is 13.1. The van der Waals surface area contributed by atoms with Crippen molar-refractivity contribution < 1.29 is 39.8 Å². The highest BCUT2D eigenvalue weighted by Crippen LogP contribution is 2.23. The fraction of sp³-hybridized carbons (Fsp3) is 0.787. The van der Waals surface area contributed by atoms with Crippen molar-refractivity contribution in [1.82, 2.24) is 5.32 Å². The van der Waals surface area contributed by atoms with E-state index in [4.69, 9.17) is 9.47 Å². The first kappa shape index (κ1) is 65.6. The third kappa shape index (κ3) is 39.2. The molecule has 9 nitrogen and oxygen atoms in total. The molecule has 0 aromatic carbocycles. The second-order valence-electron chi connectivity index (χ2n) is 20.1. The summed E-state index contributed by atoms with van der Waals surface area (Å²) in [7, 11) is 0. The Morgan fingerprint density at radius 2 is 0.857 bits per heavy atom.